The summed E-state index contributed by atoms with van der Waals surface area (Å²) in [5.41, 5.74) is 4.28. The molecule has 0 radical (unpaired) electrons. The third-order valence-corrected chi connectivity index (χ3v) is 4.51. The van der Waals surface area contributed by atoms with Crippen LogP contribution in [0.25, 0.3) is 0 Å². The first-order valence-electron chi connectivity index (χ1n) is 9.67. The molecule has 0 bridgehead atoms. The van der Waals surface area contributed by atoms with E-state index in [0.717, 1.165) is 22.4 Å². The van der Waals surface area contributed by atoms with E-state index in [9.17, 15) is 9.59 Å². The van der Waals surface area contributed by atoms with Gasteiger partial charge in [0.2, 0.25) is 5.91 Å². The van der Waals surface area contributed by atoms with E-state index in [2.05, 4.69) is 16.0 Å². The standard InChI is InChI=1S/C24H25N3O3/c1-16-8-6-11-19(14-16)30-21-13-5-4-12-20(21)26-24(29)25-15-22(28)27-23-17(2)9-7-10-18(23)3/h4-14H,15H2,1-3H3,(H,27,28)(H2,25,26,29). The second-order valence-electron chi connectivity index (χ2n) is 7.04. The third-order valence-electron chi connectivity index (χ3n) is 4.51. The van der Waals surface area contributed by atoms with Crippen molar-refractivity contribution in [2.75, 3.05) is 17.2 Å². The van der Waals surface area contributed by atoms with Crippen LogP contribution in [0.3, 0.4) is 0 Å². The molecule has 6 heteroatoms. The molecule has 6 nitrogen and oxygen atoms in total. The summed E-state index contributed by atoms with van der Waals surface area (Å²) in [6, 6.07) is 20.1. The molecule has 0 saturated heterocycles. The zero-order valence-electron chi connectivity index (χ0n) is 17.3. The molecule has 3 N–H and O–H groups in total. The summed E-state index contributed by atoms with van der Waals surface area (Å²) in [6.07, 6.45) is 0. The fourth-order valence-corrected chi connectivity index (χ4v) is 2.99. The molecule has 3 rings (SSSR count). The quantitative estimate of drug-likeness (QED) is 0.532. The Balaban J connectivity index is 1.58. The Bertz CT molecular complexity index is 1040. The van der Waals surface area contributed by atoms with Crippen molar-refractivity contribution in [3.8, 4) is 11.5 Å². The van der Waals surface area contributed by atoms with Gasteiger partial charge in [0.05, 0.1) is 12.2 Å². The Labute approximate surface area is 176 Å². The van der Waals surface area contributed by atoms with Gasteiger partial charge < -0.3 is 20.7 Å². The Morgan fingerprint density at radius 2 is 1.53 bits per heavy atom. The number of amides is 3. The average Bonchev–Trinajstić information content (AvgIpc) is 2.71. The van der Waals surface area contributed by atoms with Gasteiger partial charge in [-0.2, -0.15) is 0 Å². The number of anilines is 2. The third kappa shape index (κ3) is 5.61. The predicted octanol–water partition coefficient (Wildman–Crippen LogP) is 5.16. The minimum absolute atomic E-state index is 0.152. The fourth-order valence-electron chi connectivity index (χ4n) is 2.99. The van der Waals surface area contributed by atoms with E-state index in [4.69, 9.17) is 4.74 Å². The lowest BCUT2D eigenvalue weighted by Gasteiger charge is -2.14. The van der Waals surface area contributed by atoms with E-state index in [1.54, 1.807) is 18.2 Å². The number of rotatable bonds is 6. The van der Waals surface area contributed by atoms with Crippen LogP contribution in [0.5, 0.6) is 11.5 Å². The van der Waals surface area contributed by atoms with Gasteiger partial charge in [-0.1, -0.05) is 42.5 Å². The van der Waals surface area contributed by atoms with Crippen molar-refractivity contribution in [1.29, 1.82) is 0 Å². The van der Waals surface area contributed by atoms with Gasteiger partial charge in [0.25, 0.3) is 0 Å². The molecule has 0 aliphatic carbocycles. The normalized spacial score (nSPS) is 10.2. The van der Waals surface area contributed by atoms with Crippen molar-refractivity contribution >= 4 is 23.3 Å². The number of urea groups is 1. The highest BCUT2D eigenvalue weighted by Gasteiger charge is 2.11. The molecule has 0 heterocycles. The van der Waals surface area contributed by atoms with Crippen LogP contribution in [0, 0.1) is 20.8 Å². The van der Waals surface area contributed by atoms with Gasteiger partial charge in [-0.05, 0) is 61.7 Å². The van der Waals surface area contributed by atoms with E-state index in [0.29, 0.717) is 17.2 Å². The summed E-state index contributed by atoms with van der Waals surface area (Å²) in [6.45, 7) is 5.68. The summed E-state index contributed by atoms with van der Waals surface area (Å²) in [7, 11) is 0. The van der Waals surface area contributed by atoms with Gasteiger partial charge in [-0.25, -0.2) is 4.79 Å². The Kier molecular flexibility index (Phi) is 6.70. The maximum absolute atomic E-state index is 12.3. The van der Waals surface area contributed by atoms with E-state index in [-0.39, 0.29) is 12.5 Å². The number of nitrogens with one attached hydrogen (secondary N) is 3. The zero-order chi connectivity index (χ0) is 21.5. The van der Waals surface area contributed by atoms with Crippen LogP contribution in [0.15, 0.2) is 66.7 Å². The van der Waals surface area contributed by atoms with Crippen LogP contribution in [-0.4, -0.2) is 18.5 Å². The van der Waals surface area contributed by atoms with E-state index < -0.39 is 6.03 Å². The fraction of sp³-hybridized carbons (Fsp3) is 0.167. The molecule has 3 aromatic carbocycles. The summed E-state index contributed by atoms with van der Waals surface area (Å²) >= 11 is 0. The van der Waals surface area contributed by atoms with Crippen molar-refractivity contribution in [3.63, 3.8) is 0 Å². The first-order valence-corrected chi connectivity index (χ1v) is 9.67. The maximum Gasteiger partial charge on any atom is 0.319 e. The van der Waals surface area contributed by atoms with Crippen LogP contribution in [0.2, 0.25) is 0 Å². The van der Waals surface area contributed by atoms with Crippen molar-refractivity contribution in [2.45, 2.75) is 20.8 Å². The zero-order valence-corrected chi connectivity index (χ0v) is 17.3. The van der Waals surface area contributed by atoms with Gasteiger partial charge in [0.1, 0.15) is 5.75 Å². The Morgan fingerprint density at radius 1 is 0.833 bits per heavy atom. The number of aryl methyl sites for hydroxylation is 3. The predicted molar refractivity (Wildman–Crippen MR) is 119 cm³/mol. The number of carbonyl (C=O) groups excluding carboxylic acids is 2. The van der Waals surface area contributed by atoms with Crippen molar-refractivity contribution < 1.29 is 14.3 Å². The van der Waals surface area contributed by atoms with Crippen molar-refractivity contribution in [2.24, 2.45) is 0 Å². The SMILES string of the molecule is Cc1cccc(Oc2ccccc2NC(=O)NCC(=O)Nc2c(C)cccc2C)c1. The molecule has 0 fully saturated rings. The molecule has 0 spiro atoms. The van der Waals surface area contributed by atoms with E-state index >= 15 is 0 Å². The summed E-state index contributed by atoms with van der Waals surface area (Å²) in [5, 5.41) is 8.15. The number of benzene rings is 3. The number of hydrogen-bond acceptors (Lipinski definition) is 3. The average molecular weight is 403 g/mol. The molecule has 0 aromatic heterocycles. The number of para-hydroxylation sites is 3. The Morgan fingerprint density at radius 3 is 2.27 bits per heavy atom. The monoisotopic (exact) mass is 403 g/mol. The maximum atomic E-state index is 12.3. The van der Waals surface area contributed by atoms with Crippen LogP contribution in [0.1, 0.15) is 16.7 Å². The number of ether oxygens (including phenoxy) is 1. The molecule has 0 atom stereocenters. The van der Waals surface area contributed by atoms with Crippen molar-refractivity contribution in [1.82, 2.24) is 5.32 Å². The van der Waals surface area contributed by atoms with Crippen molar-refractivity contribution in [3.05, 3.63) is 83.4 Å². The molecule has 30 heavy (non-hydrogen) atoms. The van der Waals surface area contributed by atoms with Crippen LogP contribution >= 0.6 is 0 Å². The van der Waals surface area contributed by atoms with E-state index in [1.165, 1.54) is 0 Å². The Hall–Kier alpha value is -3.80. The molecular weight excluding hydrogens is 378 g/mol. The second-order valence-corrected chi connectivity index (χ2v) is 7.04. The molecule has 0 aliphatic rings. The first-order chi connectivity index (χ1) is 14.4. The lowest BCUT2D eigenvalue weighted by molar-refractivity contribution is -0.115. The van der Waals surface area contributed by atoms with Crippen LogP contribution in [0.4, 0.5) is 16.2 Å². The highest BCUT2D eigenvalue weighted by molar-refractivity contribution is 5.98. The molecule has 3 aromatic rings. The largest absolute Gasteiger partial charge is 0.455 e. The van der Waals surface area contributed by atoms with Gasteiger partial charge in [0, 0.05) is 5.69 Å². The molecule has 154 valence electrons. The number of carbonyl (C=O) groups is 2. The summed E-state index contributed by atoms with van der Waals surface area (Å²) < 4.78 is 5.90. The highest BCUT2D eigenvalue weighted by Crippen LogP contribution is 2.29. The summed E-state index contributed by atoms with van der Waals surface area (Å²) in [4.78, 5) is 24.5. The molecule has 0 aliphatic heterocycles. The minimum Gasteiger partial charge on any atom is -0.455 e. The van der Waals surface area contributed by atoms with Gasteiger partial charge >= 0.3 is 6.03 Å². The topological polar surface area (TPSA) is 79.5 Å². The highest BCUT2D eigenvalue weighted by atomic mass is 16.5. The molecular formula is C24H25N3O3. The van der Waals surface area contributed by atoms with E-state index in [1.807, 2.05) is 69.3 Å². The van der Waals surface area contributed by atoms with Gasteiger partial charge in [-0.3, -0.25) is 4.79 Å². The summed E-state index contributed by atoms with van der Waals surface area (Å²) in [5.74, 6) is 0.891. The second kappa shape index (κ2) is 9.60. The van der Waals surface area contributed by atoms with Gasteiger partial charge in [0.15, 0.2) is 5.75 Å². The van der Waals surface area contributed by atoms with Gasteiger partial charge in [-0.15, -0.1) is 0 Å². The lowest BCUT2D eigenvalue weighted by Crippen LogP contribution is -2.36. The number of hydrogen-bond donors (Lipinski definition) is 3. The molecule has 0 unspecified atom stereocenters. The first kappa shape index (κ1) is 20.9. The minimum atomic E-state index is -0.494. The van der Waals surface area contributed by atoms with Crippen LogP contribution in [-0.2, 0) is 4.79 Å². The molecule has 0 saturated carbocycles. The smallest absolute Gasteiger partial charge is 0.319 e. The lowest BCUT2D eigenvalue weighted by atomic mass is 10.1. The van der Waals surface area contributed by atoms with Crippen LogP contribution < -0.4 is 20.7 Å². The molecule has 3 amide bonds.